The summed E-state index contributed by atoms with van der Waals surface area (Å²) in [4.78, 5) is 28.2. The number of carbonyl (C=O) groups excluding carboxylic acids is 2. The summed E-state index contributed by atoms with van der Waals surface area (Å²) in [5, 5.41) is 5.34. The van der Waals surface area contributed by atoms with E-state index >= 15 is 0 Å². The normalized spacial score (nSPS) is 10.2. The summed E-state index contributed by atoms with van der Waals surface area (Å²) in [6.07, 6.45) is 1.70. The van der Waals surface area contributed by atoms with Crippen LogP contribution in [0.25, 0.3) is 6.08 Å². The minimum Gasteiger partial charge on any atom is -0.495 e. The lowest BCUT2D eigenvalue weighted by molar-refractivity contribution is -0.115. The smallest absolute Gasteiger partial charge is 0.231 e. The van der Waals surface area contributed by atoms with Gasteiger partial charge >= 0.3 is 0 Å². The molecule has 1 amide bonds. The summed E-state index contributed by atoms with van der Waals surface area (Å²) in [6.45, 7) is 5.04. The van der Waals surface area contributed by atoms with E-state index in [0.29, 0.717) is 16.3 Å². The molecule has 0 fully saturated rings. The Morgan fingerprint density at radius 2 is 2.22 bits per heavy atom. The van der Waals surface area contributed by atoms with Crippen LogP contribution in [0.4, 0.5) is 5.69 Å². The molecule has 2 aromatic rings. The fourth-order valence-electron chi connectivity index (χ4n) is 1.95. The molecule has 120 valence electrons. The number of amides is 1. The van der Waals surface area contributed by atoms with E-state index in [9.17, 15) is 9.59 Å². The second kappa shape index (κ2) is 7.39. The lowest BCUT2D eigenvalue weighted by Gasteiger charge is -2.13. The van der Waals surface area contributed by atoms with E-state index in [-0.39, 0.29) is 28.8 Å². The van der Waals surface area contributed by atoms with Crippen LogP contribution in [0.5, 0.6) is 5.75 Å². The van der Waals surface area contributed by atoms with Gasteiger partial charge < -0.3 is 10.1 Å². The lowest BCUT2D eigenvalue weighted by atomic mass is 10.1. The van der Waals surface area contributed by atoms with Crippen LogP contribution in [0.1, 0.15) is 28.0 Å². The van der Waals surface area contributed by atoms with Gasteiger partial charge in [0.15, 0.2) is 5.78 Å². The third-order valence-corrected chi connectivity index (χ3v) is 4.30. The van der Waals surface area contributed by atoms with Crippen molar-refractivity contribution in [1.29, 1.82) is 0 Å². The van der Waals surface area contributed by atoms with Crippen LogP contribution in [0.2, 0.25) is 5.02 Å². The van der Waals surface area contributed by atoms with Gasteiger partial charge in [-0.2, -0.15) is 0 Å². The van der Waals surface area contributed by atoms with Gasteiger partial charge in [0.2, 0.25) is 5.91 Å². The average molecular weight is 351 g/mol. The minimum atomic E-state index is -0.312. The standard InChI is InChI=1S/C16H15ClN2O3S/c1-4-10-8-23-14(18-10)7-13(21)19-16-11(9(2)20)5-6-12(22-3)15(16)17/h4-6,8H,1,7H2,2-3H3,(H,19,21). The molecule has 1 aromatic heterocycles. The zero-order valence-electron chi connectivity index (χ0n) is 12.7. The summed E-state index contributed by atoms with van der Waals surface area (Å²) in [7, 11) is 1.46. The number of ketones is 1. The van der Waals surface area contributed by atoms with Gasteiger partial charge in [-0.15, -0.1) is 11.3 Å². The summed E-state index contributed by atoms with van der Waals surface area (Å²) < 4.78 is 5.12. The Hall–Kier alpha value is -2.18. The fourth-order valence-corrected chi connectivity index (χ4v) is 3.02. The van der Waals surface area contributed by atoms with Crippen molar-refractivity contribution in [2.24, 2.45) is 0 Å². The van der Waals surface area contributed by atoms with Crippen molar-refractivity contribution >= 4 is 46.4 Å². The van der Waals surface area contributed by atoms with Crippen LogP contribution in [0.3, 0.4) is 0 Å². The number of hydrogen-bond acceptors (Lipinski definition) is 5. The van der Waals surface area contributed by atoms with Gasteiger partial charge in [-0.3, -0.25) is 9.59 Å². The zero-order valence-corrected chi connectivity index (χ0v) is 14.3. The Kier molecular flexibility index (Phi) is 5.52. The molecule has 0 aliphatic rings. The summed E-state index contributed by atoms with van der Waals surface area (Å²) in [6, 6.07) is 3.16. The van der Waals surface area contributed by atoms with Crippen LogP contribution in [-0.2, 0) is 11.2 Å². The average Bonchev–Trinajstić information content (AvgIpc) is 2.96. The molecule has 0 aliphatic carbocycles. The maximum Gasteiger partial charge on any atom is 0.231 e. The number of ether oxygens (including phenoxy) is 1. The van der Waals surface area contributed by atoms with Crippen LogP contribution < -0.4 is 10.1 Å². The number of halogens is 1. The van der Waals surface area contributed by atoms with Gasteiger partial charge in [0.1, 0.15) is 15.8 Å². The monoisotopic (exact) mass is 350 g/mol. The number of benzene rings is 1. The molecule has 0 unspecified atom stereocenters. The number of carbonyl (C=O) groups is 2. The van der Waals surface area contributed by atoms with Crippen molar-refractivity contribution in [3.8, 4) is 5.75 Å². The molecule has 0 spiro atoms. The van der Waals surface area contributed by atoms with E-state index in [0.717, 1.165) is 5.69 Å². The number of rotatable bonds is 6. The van der Waals surface area contributed by atoms with Crippen molar-refractivity contribution < 1.29 is 14.3 Å². The Morgan fingerprint density at radius 1 is 1.48 bits per heavy atom. The van der Waals surface area contributed by atoms with Gasteiger partial charge in [0.25, 0.3) is 0 Å². The highest BCUT2D eigenvalue weighted by Gasteiger charge is 2.18. The van der Waals surface area contributed by atoms with E-state index in [4.69, 9.17) is 16.3 Å². The number of methoxy groups -OCH3 is 1. The van der Waals surface area contributed by atoms with Crippen LogP contribution >= 0.6 is 22.9 Å². The molecule has 0 saturated heterocycles. The predicted octanol–water partition coefficient (Wildman–Crippen LogP) is 3.83. The molecule has 0 bridgehead atoms. The second-order valence-corrected chi connectivity index (χ2v) is 5.98. The second-order valence-electron chi connectivity index (χ2n) is 4.66. The molecule has 1 N–H and O–H groups in total. The number of hydrogen-bond donors (Lipinski definition) is 1. The Morgan fingerprint density at radius 3 is 2.78 bits per heavy atom. The highest BCUT2D eigenvalue weighted by atomic mass is 35.5. The zero-order chi connectivity index (χ0) is 17.0. The first kappa shape index (κ1) is 17.2. The number of aromatic nitrogens is 1. The number of anilines is 1. The van der Waals surface area contributed by atoms with Gasteiger partial charge in [-0.25, -0.2) is 4.98 Å². The fraction of sp³-hybridized carbons (Fsp3) is 0.188. The van der Waals surface area contributed by atoms with Crippen molar-refractivity contribution in [1.82, 2.24) is 4.98 Å². The minimum absolute atomic E-state index is 0.0867. The first-order valence-electron chi connectivity index (χ1n) is 6.70. The lowest BCUT2D eigenvalue weighted by Crippen LogP contribution is -2.17. The van der Waals surface area contributed by atoms with Crippen LogP contribution in [-0.4, -0.2) is 23.8 Å². The molecule has 5 nitrogen and oxygen atoms in total. The summed E-state index contributed by atoms with van der Waals surface area (Å²) in [5.41, 5.74) is 1.31. The number of nitrogens with zero attached hydrogens (tertiary/aromatic N) is 1. The van der Waals surface area contributed by atoms with Crippen molar-refractivity contribution in [3.63, 3.8) is 0 Å². The highest BCUT2D eigenvalue weighted by molar-refractivity contribution is 7.09. The largest absolute Gasteiger partial charge is 0.495 e. The van der Waals surface area contributed by atoms with E-state index in [1.807, 2.05) is 5.38 Å². The Balaban J connectivity index is 2.25. The maximum absolute atomic E-state index is 12.2. The van der Waals surface area contributed by atoms with Crippen LogP contribution in [0, 0.1) is 0 Å². The molecule has 0 aliphatic heterocycles. The van der Waals surface area contributed by atoms with Gasteiger partial charge in [0, 0.05) is 10.9 Å². The van der Waals surface area contributed by atoms with E-state index in [2.05, 4.69) is 16.9 Å². The van der Waals surface area contributed by atoms with Gasteiger partial charge in [-0.1, -0.05) is 18.2 Å². The van der Waals surface area contributed by atoms with Crippen molar-refractivity contribution in [2.45, 2.75) is 13.3 Å². The SMILES string of the molecule is C=Cc1csc(CC(=O)Nc2c(C(C)=O)ccc(OC)c2Cl)n1. The quantitative estimate of drug-likeness (QED) is 0.804. The molecule has 0 atom stereocenters. The number of nitrogens with one attached hydrogen (secondary N) is 1. The third kappa shape index (κ3) is 3.97. The molecule has 2 rings (SSSR count). The van der Waals surface area contributed by atoms with E-state index in [1.54, 1.807) is 18.2 Å². The van der Waals surface area contributed by atoms with E-state index in [1.165, 1.54) is 25.4 Å². The first-order valence-corrected chi connectivity index (χ1v) is 7.96. The summed E-state index contributed by atoms with van der Waals surface area (Å²) in [5.74, 6) is -0.129. The first-order chi connectivity index (χ1) is 11.0. The molecular weight excluding hydrogens is 336 g/mol. The number of thiazole rings is 1. The molecule has 0 radical (unpaired) electrons. The molecular formula is C16H15ClN2O3S. The molecule has 23 heavy (non-hydrogen) atoms. The van der Waals surface area contributed by atoms with Crippen LogP contribution in [0.15, 0.2) is 24.1 Å². The molecule has 1 aromatic carbocycles. The topological polar surface area (TPSA) is 68.3 Å². The Bertz CT molecular complexity index is 771. The van der Waals surface area contributed by atoms with Crippen molar-refractivity contribution in [3.05, 3.63) is 45.4 Å². The highest BCUT2D eigenvalue weighted by Crippen LogP contribution is 2.35. The van der Waals surface area contributed by atoms with Gasteiger partial charge in [-0.05, 0) is 25.1 Å². The maximum atomic E-state index is 12.2. The Labute approximate surface area is 143 Å². The van der Waals surface area contributed by atoms with Gasteiger partial charge in [0.05, 0.1) is 24.9 Å². The van der Waals surface area contributed by atoms with E-state index < -0.39 is 0 Å². The predicted molar refractivity (Wildman–Crippen MR) is 92.5 cm³/mol. The summed E-state index contributed by atoms with van der Waals surface area (Å²) >= 11 is 7.58. The molecule has 1 heterocycles. The number of Topliss-reactive ketones (excluding diaryl/α,β-unsaturated/α-hetero) is 1. The van der Waals surface area contributed by atoms with Crippen molar-refractivity contribution in [2.75, 3.05) is 12.4 Å². The third-order valence-electron chi connectivity index (χ3n) is 3.06. The molecule has 7 heteroatoms. The molecule has 0 saturated carbocycles.